The third kappa shape index (κ3) is 3.01. The van der Waals surface area contributed by atoms with Crippen LogP contribution in [-0.2, 0) is 13.0 Å². The number of rotatable bonds is 5. The van der Waals surface area contributed by atoms with Crippen molar-refractivity contribution in [2.45, 2.75) is 33.7 Å². The fourth-order valence-electron chi connectivity index (χ4n) is 1.81. The van der Waals surface area contributed by atoms with Crippen LogP contribution >= 0.6 is 0 Å². The van der Waals surface area contributed by atoms with Gasteiger partial charge in [0, 0.05) is 25.1 Å². The minimum absolute atomic E-state index is 0.561. The summed E-state index contributed by atoms with van der Waals surface area (Å²) in [6.45, 7) is 6.48. The van der Waals surface area contributed by atoms with E-state index in [4.69, 9.17) is 4.52 Å². The normalized spacial score (nSPS) is 10.5. The fourth-order valence-corrected chi connectivity index (χ4v) is 1.81. The molecule has 0 spiro atoms. The molecule has 0 amide bonds. The van der Waals surface area contributed by atoms with E-state index in [-0.39, 0.29) is 0 Å². The zero-order valence-corrected chi connectivity index (χ0v) is 11.7. The largest absolute Gasteiger partial charge is 0.373 e. The number of hydrogen-bond acceptors (Lipinski definition) is 6. The lowest BCUT2D eigenvalue weighted by Gasteiger charge is -2.12. The molecular weight excluding hydrogens is 242 g/mol. The molecule has 102 valence electrons. The van der Waals surface area contributed by atoms with E-state index in [1.165, 1.54) is 0 Å². The van der Waals surface area contributed by atoms with Crippen LogP contribution in [-0.4, -0.2) is 22.2 Å². The Bertz CT molecular complexity index is 564. The number of aryl methyl sites for hydroxylation is 2. The van der Waals surface area contributed by atoms with E-state index < -0.39 is 0 Å². The van der Waals surface area contributed by atoms with E-state index in [9.17, 15) is 0 Å². The van der Waals surface area contributed by atoms with Crippen molar-refractivity contribution in [3.63, 3.8) is 0 Å². The Labute approximate surface area is 112 Å². The van der Waals surface area contributed by atoms with Crippen LogP contribution in [0.15, 0.2) is 10.6 Å². The van der Waals surface area contributed by atoms with Crippen molar-refractivity contribution in [3.05, 3.63) is 28.9 Å². The van der Waals surface area contributed by atoms with Gasteiger partial charge in [0.05, 0.1) is 12.2 Å². The SMILES string of the molecule is CCc1nc(NC)c(C)c(NCc2cc(C)no2)n1. The standard InChI is InChI=1S/C13H19N5O/c1-5-11-16-12(14-4)9(3)13(17-11)15-7-10-6-8(2)18-19-10/h6H,5,7H2,1-4H3,(H2,14,15,16,17). The summed E-state index contributed by atoms with van der Waals surface area (Å²) in [5.41, 5.74) is 1.87. The maximum absolute atomic E-state index is 5.17. The van der Waals surface area contributed by atoms with Gasteiger partial charge in [-0.1, -0.05) is 12.1 Å². The van der Waals surface area contributed by atoms with E-state index in [2.05, 4.69) is 25.8 Å². The highest BCUT2D eigenvalue weighted by Crippen LogP contribution is 2.20. The third-order valence-electron chi connectivity index (χ3n) is 2.85. The Hall–Kier alpha value is -2.11. The van der Waals surface area contributed by atoms with Crippen LogP contribution in [0.25, 0.3) is 0 Å². The molecule has 0 saturated carbocycles. The highest BCUT2D eigenvalue weighted by molar-refractivity contribution is 5.57. The van der Waals surface area contributed by atoms with Gasteiger partial charge in [0.25, 0.3) is 0 Å². The average Bonchev–Trinajstić information content (AvgIpc) is 2.83. The van der Waals surface area contributed by atoms with Crippen molar-refractivity contribution in [3.8, 4) is 0 Å². The van der Waals surface area contributed by atoms with Crippen molar-refractivity contribution in [1.82, 2.24) is 15.1 Å². The van der Waals surface area contributed by atoms with Gasteiger partial charge < -0.3 is 15.2 Å². The van der Waals surface area contributed by atoms with Gasteiger partial charge in [0.15, 0.2) is 5.76 Å². The monoisotopic (exact) mass is 261 g/mol. The predicted molar refractivity (Wildman–Crippen MR) is 74.3 cm³/mol. The first-order chi connectivity index (χ1) is 9.13. The van der Waals surface area contributed by atoms with Gasteiger partial charge in [0.2, 0.25) is 0 Å². The lowest BCUT2D eigenvalue weighted by Crippen LogP contribution is -2.09. The van der Waals surface area contributed by atoms with Crippen LogP contribution in [0.1, 0.15) is 29.8 Å². The molecule has 0 aliphatic carbocycles. The van der Waals surface area contributed by atoms with Crippen LogP contribution in [0.4, 0.5) is 11.6 Å². The fraction of sp³-hybridized carbons (Fsp3) is 0.462. The number of nitrogens with one attached hydrogen (secondary N) is 2. The first-order valence-corrected chi connectivity index (χ1v) is 6.35. The van der Waals surface area contributed by atoms with Gasteiger partial charge in [-0.15, -0.1) is 0 Å². The van der Waals surface area contributed by atoms with Gasteiger partial charge in [-0.2, -0.15) is 0 Å². The minimum atomic E-state index is 0.561. The molecule has 0 bridgehead atoms. The molecule has 0 aromatic carbocycles. The minimum Gasteiger partial charge on any atom is -0.373 e. The molecule has 0 saturated heterocycles. The first kappa shape index (κ1) is 13.3. The van der Waals surface area contributed by atoms with Gasteiger partial charge in [-0.3, -0.25) is 0 Å². The van der Waals surface area contributed by atoms with Crippen molar-refractivity contribution in [2.24, 2.45) is 0 Å². The lowest BCUT2D eigenvalue weighted by atomic mass is 10.3. The molecule has 0 unspecified atom stereocenters. The predicted octanol–water partition coefficient (Wildman–Crippen LogP) is 2.30. The molecule has 0 fully saturated rings. The summed E-state index contributed by atoms with van der Waals surface area (Å²) in [4.78, 5) is 8.93. The van der Waals surface area contributed by atoms with Crippen LogP contribution in [0.3, 0.4) is 0 Å². The highest BCUT2D eigenvalue weighted by Gasteiger charge is 2.10. The van der Waals surface area contributed by atoms with E-state index >= 15 is 0 Å². The summed E-state index contributed by atoms with van der Waals surface area (Å²) in [5.74, 6) is 3.28. The second-order valence-electron chi connectivity index (χ2n) is 4.35. The molecule has 0 aliphatic heterocycles. The molecule has 2 rings (SSSR count). The number of aromatic nitrogens is 3. The first-order valence-electron chi connectivity index (χ1n) is 6.35. The number of nitrogens with zero attached hydrogens (tertiary/aromatic N) is 3. The summed E-state index contributed by atoms with van der Waals surface area (Å²) in [6.07, 6.45) is 0.797. The molecule has 0 aliphatic rings. The molecule has 2 N–H and O–H groups in total. The lowest BCUT2D eigenvalue weighted by molar-refractivity contribution is 0.384. The second-order valence-corrected chi connectivity index (χ2v) is 4.35. The Kier molecular flexibility index (Phi) is 3.99. The molecule has 0 radical (unpaired) electrons. The Balaban J connectivity index is 2.19. The zero-order valence-electron chi connectivity index (χ0n) is 11.7. The Morgan fingerprint density at radius 2 is 1.95 bits per heavy atom. The summed E-state index contributed by atoms with van der Waals surface area (Å²) in [7, 11) is 1.86. The molecule has 19 heavy (non-hydrogen) atoms. The smallest absolute Gasteiger partial charge is 0.156 e. The van der Waals surface area contributed by atoms with Gasteiger partial charge in [0.1, 0.15) is 17.5 Å². The maximum atomic E-state index is 5.17. The Morgan fingerprint density at radius 3 is 2.53 bits per heavy atom. The Morgan fingerprint density at radius 1 is 1.21 bits per heavy atom. The molecule has 6 heteroatoms. The zero-order chi connectivity index (χ0) is 13.8. The van der Waals surface area contributed by atoms with Crippen LogP contribution in [0.2, 0.25) is 0 Å². The van der Waals surface area contributed by atoms with Crippen molar-refractivity contribution < 1.29 is 4.52 Å². The van der Waals surface area contributed by atoms with E-state index in [0.29, 0.717) is 6.54 Å². The molecule has 2 aromatic rings. The summed E-state index contributed by atoms with van der Waals surface area (Å²) in [5, 5.41) is 10.2. The molecule has 2 heterocycles. The van der Waals surface area contributed by atoms with Crippen molar-refractivity contribution >= 4 is 11.6 Å². The third-order valence-corrected chi connectivity index (χ3v) is 2.85. The van der Waals surface area contributed by atoms with Crippen LogP contribution in [0.5, 0.6) is 0 Å². The molecule has 2 aromatic heterocycles. The van der Waals surface area contributed by atoms with E-state index in [0.717, 1.165) is 40.9 Å². The van der Waals surface area contributed by atoms with Crippen molar-refractivity contribution in [2.75, 3.05) is 17.7 Å². The number of hydrogen-bond donors (Lipinski definition) is 2. The van der Waals surface area contributed by atoms with Gasteiger partial charge in [-0.25, -0.2) is 9.97 Å². The van der Waals surface area contributed by atoms with Crippen molar-refractivity contribution in [1.29, 1.82) is 0 Å². The molecular formula is C13H19N5O. The average molecular weight is 261 g/mol. The van der Waals surface area contributed by atoms with Crippen LogP contribution in [0, 0.1) is 13.8 Å². The van der Waals surface area contributed by atoms with Gasteiger partial charge >= 0.3 is 0 Å². The van der Waals surface area contributed by atoms with E-state index in [1.807, 2.05) is 33.9 Å². The summed E-state index contributed by atoms with van der Waals surface area (Å²) < 4.78 is 5.17. The number of anilines is 2. The second kappa shape index (κ2) is 5.69. The molecule has 6 nitrogen and oxygen atoms in total. The quantitative estimate of drug-likeness (QED) is 0.860. The topological polar surface area (TPSA) is 75.9 Å². The van der Waals surface area contributed by atoms with E-state index in [1.54, 1.807) is 0 Å². The van der Waals surface area contributed by atoms with Crippen LogP contribution < -0.4 is 10.6 Å². The highest BCUT2D eigenvalue weighted by atomic mass is 16.5. The molecule has 0 atom stereocenters. The summed E-state index contributed by atoms with van der Waals surface area (Å²) in [6, 6.07) is 1.91. The summed E-state index contributed by atoms with van der Waals surface area (Å²) >= 11 is 0. The van der Waals surface area contributed by atoms with Gasteiger partial charge in [-0.05, 0) is 13.8 Å². The maximum Gasteiger partial charge on any atom is 0.156 e.